The zero-order valence-corrected chi connectivity index (χ0v) is 11.3. The van der Waals surface area contributed by atoms with Gasteiger partial charge in [-0.1, -0.05) is 13.0 Å². The average molecular weight is 239 g/mol. The third kappa shape index (κ3) is 2.97. The molecule has 0 aliphatic rings. The van der Waals surface area contributed by atoms with E-state index in [1.54, 1.807) is 6.07 Å². The summed E-state index contributed by atoms with van der Waals surface area (Å²) in [6.45, 7) is 8.38. The molecule has 0 amide bonds. The van der Waals surface area contributed by atoms with Crippen molar-refractivity contribution in [2.24, 2.45) is 0 Å². The molecule has 0 heterocycles. The van der Waals surface area contributed by atoms with Crippen LogP contribution in [0.25, 0.3) is 0 Å². The molecule has 1 atom stereocenters. The van der Waals surface area contributed by atoms with Gasteiger partial charge in [0.15, 0.2) is 0 Å². The maximum absolute atomic E-state index is 13.8. The van der Waals surface area contributed by atoms with Gasteiger partial charge in [-0.25, -0.2) is 4.39 Å². The molecule has 0 saturated heterocycles. The van der Waals surface area contributed by atoms with Gasteiger partial charge in [-0.2, -0.15) is 0 Å². The minimum atomic E-state index is -0.351. The van der Waals surface area contributed by atoms with Crippen LogP contribution < -0.4 is 0 Å². The highest BCUT2D eigenvalue weighted by atomic mass is 19.1. The van der Waals surface area contributed by atoms with Crippen molar-refractivity contribution in [3.8, 4) is 5.75 Å². The van der Waals surface area contributed by atoms with Crippen molar-refractivity contribution < 1.29 is 9.50 Å². The molecule has 0 aliphatic carbocycles. The summed E-state index contributed by atoms with van der Waals surface area (Å²) >= 11 is 0. The molecule has 0 aromatic heterocycles. The van der Waals surface area contributed by atoms with Gasteiger partial charge in [0, 0.05) is 23.2 Å². The Bertz CT molecular complexity index is 390. The molecule has 0 saturated carbocycles. The Labute approximate surface area is 103 Å². The predicted octanol–water partition coefficient (Wildman–Crippen LogP) is 3.71. The number of rotatable bonds is 4. The predicted molar refractivity (Wildman–Crippen MR) is 68.6 cm³/mol. The van der Waals surface area contributed by atoms with Crippen LogP contribution in [0.5, 0.6) is 5.75 Å². The van der Waals surface area contributed by atoms with Crippen LogP contribution in [0.15, 0.2) is 18.2 Å². The van der Waals surface area contributed by atoms with E-state index in [0.717, 1.165) is 6.42 Å². The number of hydrogen-bond acceptors (Lipinski definition) is 2. The molecule has 1 rings (SSSR count). The molecule has 3 heteroatoms. The van der Waals surface area contributed by atoms with E-state index in [2.05, 4.69) is 25.7 Å². The first-order chi connectivity index (χ1) is 7.79. The third-order valence-electron chi connectivity index (χ3n) is 3.84. The fraction of sp³-hybridized carbons (Fsp3) is 0.571. The summed E-state index contributed by atoms with van der Waals surface area (Å²) < 4.78 is 13.8. The summed E-state index contributed by atoms with van der Waals surface area (Å²) in [5.41, 5.74) is 0.635. The summed E-state index contributed by atoms with van der Waals surface area (Å²) in [4.78, 5) is 2.16. The molecular weight excluding hydrogens is 217 g/mol. The van der Waals surface area contributed by atoms with E-state index in [4.69, 9.17) is 0 Å². The fourth-order valence-electron chi connectivity index (χ4n) is 1.84. The highest BCUT2D eigenvalue weighted by Crippen LogP contribution is 2.30. The van der Waals surface area contributed by atoms with Gasteiger partial charge in [0.25, 0.3) is 0 Å². The van der Waals surface area contributed by atoms with Crippen molar-refractivity contribution in [2.75, 3.05) is 7.05 Å². The van der Waals surface area contributed by atoms with E-state index < -0.39 is 0 Å². The quantitative estimate of drug-likeness (QED) is 0.865. The third-order valence-corrected chi connectivity index (χ3v) is 3.84. The number of aromatic hydroxyl groups is 1. The number of hydrogen-bond donors (Lipinski definition) is 1. The molecule has 1 N–H and O–H groups in total. The van der Waals surface area contributed by atoms with Crippen LogP contribution in [-0.2, 0) is 0 Å². The number of benzene rings is 1. The lowest BCUT2D eigenvalue weighted by Crippen LogP contribution is -2.42. The molecule has 0 bridgehead atoms. The second kappa shape index (κ2) is 5.05. The van der Waals surface area contributed by atoms with Gasteiger partial charge in [-0.05, 0) is 40.3 Å². The van der Waals surface area contributed by atoms with Crippen LogP contribution >= 0.6 is 0 Å². The lowest BCUT2D eigenvalue weighted by molar-refractivity contribution is 0.104. The van der Waals surface area contributed by atoms with E-state index >= 15 is 0 Å². The lowest BCUT2D eigenvalue weighted by atomic mass is 9.95. The number of phenolic OH excluding ortho intramolecular Hbond substituents is 1. The highest BCUT2D eigenvalue weighted by molar-refractivity contribution is 5.29. The molecule has 1 aromatic carbocycles. The first kappa shape index (κ1) is 14.0. The van der Waals surface area contributed by atoms with E-state index in [1.807, 2.05) is 14.0 Å². The van der Waals surface area contributed by atoms with Crippen molar-refractivity contribution >= 4 is 0 Å². The molecule has 1 unspecified atom stereocenters. The molecular formula is C14H22FNO. The van der Waals surface area contributed by atoms with Gasteiger partial charge in [0.05, 0.1) is 0 Å². The van der Waals surface area contributed by atoms with Crippen LogP contribution in [0.1, 0.15) is 45.7 Å². The largest absolute Gasteiger partial charge is 0.508 e. The summed E-state index contributed by atoms with van der Waals surface area (Å²) in [5, 5.41) is 9.21. The van der Waals surface area contributed by atoms with E-state index in [1.165, 1.54) is 12.1 Å². The van der Waals surface area contributed by atoms with Gasteiger partial charge < -0.3 is 5.11 Å². The van der Waals surface area contributed by atoms with Crippen molar-refractivity contribution in [2.45, 2.75) is 45.7 Å². The first-order valence-electron chi connectivity index (χ1n) is 6.01. The molecule has 2 nitrogen and oxygen atoms in total. The maximum Gasteiger partial charge on any atom is 0.131 e. The van der Waals surface area contributed by atoms with Crippen molar-refractivity contribution in [1.29, 1.82) is 0 Å². The van der Waals surface area contributed by atoms with Crippen LogP contribution in [0.3, 0.4) is 0 Å². The van der Waals surface area contributed by atoms with Gasteiger partial charge >= 0.3 is 0 Å². The Morgan fingerprint density at radius 1 is 1.41 bits per heavy atom. The SMILES string of the molecule is CCC(C)(C)N(C)C(C)c1ccc(O)cc1F. The zero-order valence-electron chi connectivity index (χ0n) is 11.3. The van der Waals surface area contributed by atoms with Crippen LogP contribution in [0.4, 0.5) is 4.39 Å². The minimum absolute atomic E-state index is 0.0176. The van der Waals surface area contributed by atoms with E-state index in [0.29, 0.717) is 5.56 Å². The summed E-state index contributed by atoms with van der Waals surface area (Å²) in [7, 11) is 2.00. The van der Waals surface area contributed by atoms with Crippen molar-refractivity contribution in [3.63, 3.8) is 0 Å². The fourth-order valence-corrected chi connectivity index (χ4v) is 1.84. The van der Waals surface area contributed by atoms with Gasteiger partial charge in [0.2, 0.25) is 0 Å². The first-order valence-corrected chi connectivity index (χ1v) is 6.01. The smallest absolute Gasteiger partial charge is 0.131 e. The van der Waals surface area contributed by atoms with Crippen molar-refractivity contribution in [1.82, 2.24) is 4.90 Å². The average Bonchev–Trinajstić information content (AvgIpc) is 2.27. The van der Waals surface area contributed by atoms with Crippen molar-refractivity contribution in [3.05, 3.63) is 29.6 Å². The van der Waals surface area contributed by atoms with Gasteiger partial charge in [-0.15, -0.1) is 0 Å². The number of nitrogens with zero attached hydrogens (tertiary/aromatic N) is 1. The molecule has 0 spiro atoms. The van der Waals surface area contributed by atoms with Crippen LogP contribution in [-0.4, -0.2) is 22.6 Å². The molecule has 96 valence electrons. The minimum Gasteiger partial charge on any atom is -0.508 e. The van der Waals surface area contributed by atoms with E-state index in [9.17, 15) is 9.50 Å². The zero-order chi connectivity index (χ0) is 13.2. The van der Waals surface area contributed by atoms with Crippen LogP contribution in [0, 0.1) is 5.82 Å². The summed E-state index contributed by atoms with van der Waals surface area (Å²) in [6.07, 6.45) is 0.994. The van der Waals surface area contributed by atoms with Gasteiger partial charge in [-0.3, -0.25) is 4.90 Å². The summed E-state index contributed by atoms with van der Waals surface area (Å²) in [5.74, 6) is -0.382. The Morgan fingerprint density at radius 3 is 2.47 bits per heavy atom. The number of halogens is 1. The molecule has 0 radical (unpaired) electrons. The molecule has 0 aliphatic heterocycles. The highest BCUT2D eigenvalue weighted by Gasteiger charge is 2.27. The molecule has 17 heavy (non-hydrogen) atoms. The molecule has 1 aromatic rings. The normalized spacial score (nSPS) is 14.1. The standard InChI is InChI=1S/C14H22FNO/c1-6-14(3,4)16(5)10(2)12-8-7-11(17)9-13(12)15/h7-10,17H,6H2,1-5H3. The Morgan fingerprint density at radius 2 is 2.00 bits per heavy atom. The molecule has 0 fully saturated rings. The Kier molecular flexibility index (Phi) is 4.15. The van der Waals surface area contributed by atoms with Gasteiger partial charge in [0.1, 0.15) is 11.6 Å². The maximum atomic E-state index is 13.8. The number of phenols is 1. The topological polar surface area (TPSA) is 23.5 Å². The summed E-state index contributed by atoms with van der Waals surface area (Å²) in [6, 6.07) is 4.32. The Hall–Kier alpha value is -1.09. The van der Waals surface area contributed by atoms with E-state index in [-0.39, 0.29) is 23.1 Å². The van der Waals surface area contributed by atoms with Crippen LogP contribution in [0.2, 0.25) is 0 Å². The second-order valence-corrected chi connectivity index (χ2v) is 5.16. The monoisotopic (exact) mass is 239 g/mol. The second-order valence-electron chi connectivity index (χ2n) is 5.16. The Balaban J connectivity index is 3.00. The lowest BCUT2D eigenvalue weighted by Gasteiger charge is -2.39.